The summed E-state index contributed by atoms with van der Waals surface area (Å²) in [5, 5.41) is 0. The summed E-state index contributed by atoms with van der Waals surface area (Å²) in [6, 6.07) is 5.32. The molecule has 0 unspecified atom stereocenters. The molecule has 1 aromatic carbocycles. The van der Waals surface area contributed by atoms with E-state index in [0.29, 0.717) is 23.7 Å². The van der Waals surface area contributed by atoms with Gasteiger partial charge in [0.25, 0.3) is 0 Å². The average Bonchev–Trinajstić information content (AvgIpc) is 2.29. The maximum absolute atomic E-state index is 5.78. The quantitative estimate of drug-likeness (QED) is 0.726. The largest absolute Gasteiger partial charge is 0.491 e. The van der Waals surface area contributed by atoms with Crippen molar-refractivity contribution >= 4 is 11.4 Å². The number of nitrogen functional groups attached to an aromatic ring is 2. The van der Waals surface area contributed by atoms with E-state index in [9.17, 15) is 0 Å². The Hall–Kier alpha value is -1.38. The average molecular weight is 221 g/mol. The van der Waals surface area contributed by atoms with Gasteiger partial charge in [-0.1, -0.05) is 13.8 Å². The minimum Gasteiger partial charge on any atom is -0.491 e. The third-order valence-electron chi connectivity index (χ3n) is 2.75. The van der Waals surface area contributed by atoms with E-state index in [1.54, 1.807) is 18.2 Å². The molecular weight excluding hydrogens is 200 g/mol. The fourth-order valence-corrected chi connectivity index (χ4v) is 1.58. The van der Waals surface area contributed by atoms with Crippen LogP contribution in [0, 0.1) is 5.92 Å². The monoisotopic (exact) mass is 221 g/mol. The molecule has 0 heterocycles. The van der Waals surface area contributed by atoms with Crippen LogP contribution in [0.25, 0.3) is 0 Å². The van der Waals surface area contributed by atoms with Crippen LogP contribution < -0.4 is 16.2 Å². The van der Waals surface area contributed by atoms with Crippen LogP contribution in [0.2, 0.25) is 0 Å². The summed E-state index contributed by atoms with van der Waals surface area (Å²) in [5.74, 6) is 2.20. The lowest BCUT2D eigenvalue weighted by Crippen LogP contribution is -2.05. The zero-order valence-corrected chi connectivity index (χ0v) is 10.1. The summed E-state index contributed by atoms with van der Waals surface area (Å²) in [7, 11) is 0. The van der Waals surface area contributed by atoms with Gasteiger partial charge >= 0.3 is 0 Å². The van der Waals surface area contributed by atoms with E-state index >= 15 is 0 Å². The molecule has 0 fully saturated rings. The molecule has 4 N–H and O–H groups in total. The Balaban J connectivity index is 2.45. The molecule has 0 aromatic heterocycles. The Labute approximate surface area is 97.8 Å². The third-order valence-corrected chi connectivity index (χ3v) is 2.75. The predicted molar refractivity (Wildman–Crippen MR) is 69.2 cm³/mol. The zero-order chi connectivity index (χ0) is 12.0. The second kappa shape index (κ2) is 6.26. The van der Waals surface area contributed by atoms with Gasteiger partial charge in [0, 0.05) is 11.8 Å². The first-order chi connectivity index (χ1) is 7.67. The lowest BCUT2D eigenvalue weighted by Gasteiger charge is -2.13. The van der Waals surface area contributed by atoms with Crippen LogP contribution in [0.15, 0.2) is 18.2 Å². The van der Waals surface area contributed by atoms with Crippen LogP contribution in [0.3, 0.4) is 0 Å². The van der Waals surface area contributed by atoms with Crippen molar-refractivity contribution < 1.29 is 4.74 Å². The molecule has 0 spiro atoms. The summed E-state index contributed by atoms with van der Waals surface area (Å²) in [4.78, 5) is 0. The fourth-order valence-electron chi connectivity index (χ4n) is 1.58. The number of ether oxygens (including phenoxy) is 1. The van der Waals surface area contributed by atoms with Crippen LogP contribution in [-0.4, -0.2) is 6.61 Å². The van der Waals surface area contributed by atoms with Gasteiger partial charge in [0.2, 0.25) is 0 Å². The highest BCUT2D eigenvalue weighted by Crippen LogP contribution is 2.25. The van der Waals surface area contributed by atoms with Crippen molar-refractivity contribution in [2.45, 2.75) is 33.1 Å². The molecule has 0 bridgehead atoms. The number of hydrogen-bond donors (Lipinski definition) is 2. The van der Waals surface area contributed by atoms with E-state index in [-0.39, 0.29) is 0 Å². The SMILES string of the molecule is CC[C](CC)CCOc1cc(N)ccc1N. The molecule has 1 rings (SSSR count). The Morgan fingerprint density at radius 1 is 1.19 bits per heavy atom. The molecule has 3 nitrogen and oxygen atoms in total. The van der Waals surface area contributed by atoms with Crippen molar-refractivity contribution in [1.29, 1.82) is 0 Å². The van der Waals surface area contributed by atoms with E-state index in [2.05, 4.69) is 13.8 Å². The standard InChI is InChI=1S/C13H21N2O/c1-3-10(4-2)7-8-16-13-9-11(14)5-6-12(13)15/h5-6,9H,3-4,7-8,14-15H2,1-2H3. The highest BCUT2D eigenvalue weighted by molar-refractivity contribution is 5.59. The van der Waals surface area contributed by atoms with Crippen molar-refractivity contribution in [3.8, 4) is 5.75 Å². The van der Waals surface area contributed by atoms with Crippen molar-refractivity contribution in [2.24, 2.45) is 0 Å². The summed E-state index contributed by atoms with van der Waals surface area (Å²) in [6.07, 6.45) is 3.22. The number of benzene rings is 1. The van der Waals surface area contributed by atoms with Gasteiger partial charge < -0.3 is 16.2 Å². The summed E-state index contributed by atoms with van der Waals surface area (Å²) in [5.41, 5.74) is 12.8. The second-order valence-corrected chi connectivity index (χ2v) is 3.85. The molecular formula is C13H21N2O. The molecule has 0 aliphatic carbocycles. The molecule has 3 heteroatoms. The molecule has 0 saturated carbocycles. The first-order valence-electron chi connectivity index (χ1n) is 5.78. The molecule has 89 valence electrons. The lowest BCUT2D eigenvalue weighted by molar-refractivity contribution is 0.312. The number of nitrogens with two attached hydrogens (primary N) is 2. The van der Waals surface area contributed by atoms with Gasteiger partial charge in [-0.15, -0.1) is 0 Å². The molecule has 0 saturated heterocycles. The first kappa shape index (κ1) is 12.7. The van der Waals surface area contributed by atoms with Crippen molar-refractivity contribution in [2.75, 3.05) is 18.1 Å². The highest BCUT2D eigenvalue weighted by atomic mass is 16.5. The minimum atomic E-state index is 0.642. The smallest absolute Gasteiger partial charge is 0.144 e. The molecule has 1 radical (unpaired) electrons. The zero-order valence-electron chi connectivity index (χ0n) is 10.1. The lowest BCUT2D eigenvalue weighted by atomic mass is 10.0. The maximum Gasteiger partial charge on any atom is 0.144 e. The van der Waals surface area contributed by atoms with Crippen LogP contribution in [0.1, 0.15) is 33.1 Å². The van der Waals surface area contributed by atoms with Gasteiger partial charge in [-0.05, 0) is 37.3 Å². The van der Waals surface area contributed by atoms with E-state index in [0.717, 1.165) is 19.3 Å². The number of rotatable bonds is 6. The summed E-state index contributed by atoms with van der Waals surface area (Å²) in [6.45, 7) is 5.02. The summed E-state index contributed by atoms with van der Waals surface area (Å²) < 4.78 is 5.63. The van der Waals surface area contributed by atoms with Gasteiger partial charge in [0.15, 0.2) is 0 Å². The van der Waals surface area contributed by atoms with Gasteiger partial charge in [0.05, 0.1) is 12.3 Å². The number of anilines is 2. The van der Waals surface area contributed by atoms with Crippen molar-refractivity contribution in [3.05, 3.63) is 24.1 Å². The van der Waals surface area contributed by atoms with E-state index < -0.39 is 0 Å². The normalized spacial score (nSPS) is 10.7. The Morgan fingerprint density at radius 2 is 1.88 bits per heavy atom. The molecule has 0 amide bonds. The van der Waals surface area contributed by atoms with Gasteiger partial charge in [-0.2, -0.15) is 0 Å². The predicted octanol–water partition coefficient (Wildman–Crippen LogP) is 3.01. The highest BCUT2D eigenvalue weighted by Gasteiger charge is 2.05. The molecule has 0 aliphatic rings. The van der Waals surface area contributed by atoms with Crippen molar-refractivity contribution in [3.63, 3.8) is 0 Å². The van der Waals surface area contributed by atoms with Crippen molar-refractivity contribution in [1.82, 2.24) is 0 Å². The Bertz CT molecular complexity index is 322. The van der Waals surface area contributed by atoms with Crippen LogP contribution in [0.5, 0.6) is 5.75 Å². The third kappa shape index (κ3) is 3.65. The Morgan fingerprint density at radius 3 is 2.50 bits per heavy atom. The minimum absolute atomic E-state index is 0.642. The van der Waals surface area contributed by atoms with E-state index in [4.69, 9.17) is 16.2 Å². The first-order valence-corrected chi connectivity index (χ1v) is 5.78. The molecule has 16 heavy (non-hydrogen) atoms. The number of hydrogen-bond acceptors (Lipinski definition) is 3. The van der Waals surface area contributed by atoms with Gasteiger partial charge in [-0.25, -0.2) is 0 Å². The molecule has 0 atom stereocenters. The van der Waals surface area contributed by atoms with E-state index in [1.165, 1.54) is 5.92 Å². The van der Waals surface area contributed by atoms with E-state index in [1.807, 2.05) is 0 Å². The molecule has 1 aromatic rings. The van der Waals surface area contributed by atoms with Crippen LogP contribution in [0.4, 0.5) is 11.4 Å². The topological polar surface area (TPSA) is 61.3 Å². The van der Waals surface area contributed by atoms with Crippen LogP contribution in [-0.2, 0) is 0 Å². The maximum atomic E-state index is 5.78. The van der Waals surface area contributed by atoms with Gasteiger partial charge in [0.1, 0.15) is 5.75 Å². The van der Waals surface area contributed by atoms with Gasteiger partial charge in [-0.3, -0.25) is 0 Å². The Kier molecular flexibility index (Phi) is 4.96. The summed E-state index contributed by atoms with van der Waals surface area (Å²) >= 11 is 0. The van der Waals surface area contributed by atoms with Crippen LogP contribution >= 0.6 is 0 Å². The second-order valence-electron chi connectivity index (χ2n) is 3.85. The molecule has 0 aliphatic heterocycles. The fraction of sp³-hybridized carbons (Fsp3) is 0.462.